The van der Waals surface area contributed by atoms with E-state index in [1.165, 1.54) is 6.07 Å². The standard InChI is InChI=1S/C25H32F2N2O/c1-23(2,3)29-22(30)24(4,5)25(27)13-16-10-15(11-17(16)14-25)19-8-9-28-21-7-6-18(26)12-20(19)21/h6-9,12,15-17H,10-11,13-14H2,1-5H3,(H,29,30)/t15-,16-,17+,25?. The predicted molar refractivity (Wildman–Crippen MR) is 115 cm³/mol. The number of halogens is 2. The SMILES string of the molecule is CC(C)(C)NC(=O)C(C)(C)C1(F)C[C@H]2C[C@@H](c3ccnc4ccc(F)cc34)C[C@H]2C1. The second-order valence-electron chi connectivity index (χ2n) is 11.0. The molecule has 1 N–H and O–H groups in total. The maximum Gasteiger partial charge on any atom is 0.229 e. The minimum atomic E-state index is -1.50. The highest BCUT2D eigenvalue weighted by molar-refractivity contribution is 5.84. The van der Waals surface area contributed by atoms with E-state index >= 15 is 4.39 Å². The van der Waals surface area contributed by atoms with Gasteiger partial charge in [0, 0.05) is 17.1 Å². The fourth-order valence-corrected chi connectivity index (χ4v) is 5.59. The molecule has 1 unspecified atom stereocenters. The first-order valence-corrected chi connectivity index (χ1v) is 11.0. The van der Waals surface area contributed by atoms with Crippen LogP contribution >= 0.6 is 0 Å². The van der Waals surface area contributed by atoms with E-state index in [2.05, 4.69) is 10.3 Å². The Bertz CT molecular complexity index is 965. The van der Waals surface area contributed by atoms with E-state index in [-0.39, 0.29) is 35.0 Å². The van der Waals surface area contributed by atoms with Crippen LogP contribution in [0.25, 0.3) is 10.9 Å². The monoisotopic (exact) mass is 414 g/mol. The Morgan fingerprint density at radius 3 is 2.33 bits per heavy atom. The summed E-state index contributed by atoms with van der Waals surface area (Å²) < 4.78 is 30.0. The summed E-state index contributed by atoms with van der Waals surface area (Å²) >= 11 is 0. The first kappa shape index (κ1) is 21.2. The maximum atomic E-state index is 16.2. The second-order valence-corrected chi connectivity index (χ2v) is 11.0. The molecule has 1 aromatic heterocycles. The molecule has 2 aromatic rings. The van der Waals surface area contributed by atoms with Crippen molar-refractivity contribution in [3.05, 3.63) is 41.8 Å². The molecule has 5 heteroatoms. The number of alkyl halides is 1. The van der Waals surface area contributed by atoms with Crippen LogP contribution in [-0.2, 0) is 4.79 Å². The van der Waals surface area contributed by atoms with Gasteiger partial charge in [-0.15, -0.1) is 0 Å². The van der Waals surface area contributed by atoms with Crippen molar-refractivity contribution < 1.29 is 13.6 Å². The lowest BCUT2D eigenvalue weighted by molar-refractivity contribution is -0.140. The second kappa shape index (κ2) is 7.00. The third-order valence-electron chi connectivity index (χ3n) is 7.37. The number of fused-ring (bicyclic) bond motifs is 2. The highest BCUT2D eigenvalue weighted by Gasteiger charge is 2.59. The van der Waals surface area contributed by atoms with Gasteiger partial charge in [0.1, 0.15) is 11.5 Å². The van der Waals surface area contributed by atoms with Gasteiger partial charge in [0.2, 0.25) is 5.91 Å². The largest absolute Gasteiger partial charge is 0.351 e. The lowest BCUT2D eigenvalue weighted by Crippen LogP contribution is -2.54. The molecule has 2 saturated carbocycles. The minimum Gasteiger partial charge on any atom is -0.351 e. The number of aromatic nitrogens is 1. The fourth-order valence-electron chi connectivity index (χ4n) is 5.59. The Morgan fingerprint density at radius 2 is 1.73 bits per heavy atom. The molecule has 4 rings (SSSR count). The molecule has 1 heterocycles. The molecule has 0 spiro atoms. The highest BCUT2D eigenvalue weighted by atomic mass is 19.1. The van der Waals surface area contributed by atoms with Crippen LogP contribution in [0, 0.1) is 23.1 Å². The average Bonchev–Trinajstić information content (AvgIpc) is 3.15. The fraction of sp³-hybridized carbons (Fsp3) is 0.600. The number of nitrogens with zero attached hydrogens (tertiary/aromatic N) is 1. The Kier molecular flexibility index (Phi) is 4.94. The molecule has 0 aliphatic heterocycles. The van der Waals surface area contributed by atoms with Crippen molar-refractivity contribution in [1.29, 1.82) is 0 Å². The Balaban J connectivity index is 1.53. The third kappa shape index (κ3) is 3.61. The molecule has 0 saturated heterocycles. The van der Waals surface area contributed by atoms with Crippen molar-refractivity contribution in [1.82, 2.24) is 10.3 Å². The van der Waals surface area contributed by atoms with Gasteiger partial charge in [-0.25, -0.2) is 8.78 Å². The molecular formula is C25H32F2N2O. The van der Waals surface area contributed by atoms with Gasteiger partial charge in [0.15, 0.2) is 0 Å². The molecule has 0 radical (unpaired) electrons. The summed E-state index contributed by atoms with van der Waals surface area (Å²) in [4.78, 5) is 17.2. The van der Waals surface area contributed by atoms with Crippen LogP contribution in [0.15, 0.2) is 30.5 Å². The number of pyridine rings is 1. The van der Waals surface area contributed by atoms with Gasteiger partial charge in [-0.2, -0.15) is 0 Å². The minimum absolute atomic E-state index is 0.218. The summed E-state index contributed by atoms with van der Waals surface area (Å²) in [5.74, 6) is 0.300. The molecule has 1 aromatic carbocycles. The normalized spacial score (nSPS) is 29.2. The van der Waals surface area contributed by atoms with Crippen molar-refractivity contribution in [3.63, 3.8) is 0 Å². The topological polar surface area (TPSA) is 42.0 Å². The van der Waals surface area contributed by atoms with Gasteiger partial charge in [0.05, 0.1) is 10.9 Å². The molecule has 2 aliphatic rings. The smallest absolute Gasteiger partial charge is 0.229 e. The quantitative estimate of drug-likeness (QED) is 0.677. The highest BCUT2D eigenvalue weighted by Crippen LogP contribution is 2.60. The summed E-state index contributed by atoms with van der Waals surface area (Å²) in [6, 6.07) is 6.69. The van der Waals surface area contributed by atoms with Gasteiger partial charge in [-0.1, -0.05) is 0 Å². The zero-order chi connectivity index (χ0) is 21.9. The van der Waals surface area contributed by atoms with E-state index in [9.17, 15) is 9.18 Å². The van der Waals surface area contributed by atoms with Gasteiger partial charge >= 0.3 is 0 Å². The molecule has 2 aliphatic carbocycles. The molecular weight excluding hydrogens is 382 g/mol. The predicted octanol–water partition coefficient (Wildman–Crippen LogP) is 5.93. The first-order valence-electron chi connectivity index (χ1n) is 11.0. The number of hydrogen-bond donors (Lipinski definition) is 1. The molecule has 2 fully saturated rings. The van der Waals surface area contributed by atoms with E-state index in [4.69, 9.17) is 0 Å². The summed E-state index contributed by atoms with van der Waals surface area (Å²) in [7, 11) is 0. The average molecular weight is 415 g/mol. The van der Waals surface area contributed by atoms with Crippen LogP contribution in [0.1, 0.15) is 71.8 Å². The third-order valence-corrected chi connectivity index (χ3v) is 7.37. The van der Waals surface area contributed by atoms with E-state index in [1.807, 2.05) is 26.8 Å². The van der Waals surface area contributed by atoms with Crippen LogP contribution in [-0.4, -0.2) is 22.1 Å². The van der Waals surface area contributed by atoms with Gasteiger partial charge in [-0.05, 0) is 108 Å². The summed E-state index contributed by atoms with van der Waals surface area (Å²) in [6.07, 6.45) is 4.36. The lowest BCUT2D eigenvalue weighted by atomic mass is 9.72. The van der Waals surface area contributed by atoms with E-state index < -0.39 is 11.1 Å². The van der Waals surface area contributed by atoms with Crippen molar-refractivity contribution in [2.45, 2.75) is 77.4 Å². The van der Waals surface area contributed by atoms with Crippen molar-refractivity contribution in [3.8, 4) is 0 Å². The Hall–Kier alpha value is -2.04. The van der Waals surface area contributed by atoms with Gasteiger partial charge in [0.25, 0.3) is 0 Å². The van der Waals surface area contributed by atoms with Crippen LogP contribution in [0.3, 0.4) is 0 Å². The van der Waals surface area contributed by atoms with Crippen molar-refractivity contribution >= 4 is 16.8 Å². The number of rotatable bonds is 3. The molecule has 30 heavy (non-hydrogen) atoms. The Morgan fingerprint density at radius 1 is 1.10 bits per heavy atom. The van der Waals surface area contributed by atoms with Gasteiger partial charge in [-0.3, -0.25) is 9.78 Å². The zero-order valence-corrected chi connectivity index (χ0v) is 18.6. The van der Waals surface area contributed by atoms with Gasteiger partial charge < -0.3 is 5.32 Å². The lowest BCUT2D eigenvalue weighted by Gasteiger charge is -2.39. The Labute approximate surface area is 177 Å². The summed E-state index contributed by atoms with van der Waals surface area (Å²) in [6.45, 7) is 9.24. The van der Waals surface area contributed by atoms with Crippen LogP contribution in [0.5, 0.6) is 0 Å². The number of carbonyl (C=O) groups is 1. The number of carbonyl (C=O) groups excluding carboxylic acids is 1. The molecule has 4 atom stereocenters. The van der Waals surface area contributed by atoms with E-state index in [0.717, 1.165) is 29.3 Å². The van der Waals surface area contributed by atoms with Crippen LogP contribution in [0.2, 0.25) is 0 Å². The molecule has 1 amide bonds. The summed E-state index contributed by atoms with van der Waals surface area (Å²) in [5, 5.41) is 3.83. The number of hydrogen-bond acceptors (Lipinski definition) is 2. The van der Waals surface area contributed by atoms with Crippen LogP contribution < -0.4 is 5.32 Å². The molecule has 0 bridgehead atoms. The van der Waals surface area contributed by atoms with E-state index in [1.54, 1.807) is 32.2 Å². The molecule has 162 valence electrons. The number of benzene rings is 1. The molecule has 3 nitrogen and oxygen atoms in total. The number of amides is 1. The number of nitrogens with one attached hydrogen (secondary N) is 1. The first-order chi connectivity index (χ1) is 13.9. The van der Waals surface area contributed by atoms with Crippen molar-refractivity contribution in [2.24, 2.45) is 17.3 Å². The zero-order valence-electron chi connectivity index (χ0n) is 18.6. The van der Waals surface area contributed by atoms with E-state index in [0.29, 0.717) is 12.8 Å². The van der Waals surface area contributed by atoms with Crippen LogP contribution in [0.4, 0.5) is 8.78 Å². The maximum absolute atomic E-state index is 16.2. The van der Waals surface area contributed by atoms with Crippen molar-refractivity contribution in [2.75, 3.05) is 0 Å². The summed E-state index contributed by atoms with van der Waals surface area (Å²) in [5.41, 5.74) is -1.06.